The number of rotatable bonds is 2. The largest absolute Gasteiger partial charge is 0.348 e. The second kappa shape index (κ2) is 5.07. The van der Waals surface area contributed by atoms with E-state index in [9.17, 15) is 4.79 Å². The van der Waals surface area contributed by atoms with E-state index >= 15 is 0 Å². The Labute approximate surface area is 106 Å². The van der Waals surface area contributed by atoms with Gasteiger partial charge < -0.3 is 11.1 Å². The highest BCUT2D eigenvalue weighted by Crippen LogP contribution is 2.19. The monoisotopic (exact) mass is 252 g/mol. The van der Waals surface area contributed by atoms with Gasteiger partial charge in [-0.2, -0.15) is 0 Å². The molecule has 1 aromatic rings. The highest BCUT2D eigenvalue weighted by Gasteiger charge is 2.25. The number of hydrogen-bond acceptors (Lipinski definition) is 2. The fourth-order valence-corrected chi connectivity index (χ4v) is 2.58. The topological polar surface area (TPSA) is 55.1 Å². The molecule has 3 N–H and O–H groups in total. The number of nitrogens with one attached hydrogen (secondary N) is 1. The van der Waals surface area contributed by atoms with Gasteiger partial charge in [-0.3, -0.25) is 4.79 Å². The van der Waals surface area contributed by atoms with Crippen molar-refractivity contribution < 1.29 is 4.79 Å². The summed E-state index contributed by atoms with van der Waals surface area (Å²) in [5, 5.41) is 3.57. The SMILES string of the molecule is Cc1cc(Cl)cc(C(=O)NC2CCCC2N)c1. The first-order chi connectivity index (χ1) is 8.06. The standard InChI is InChI=1S/C13H17ClN2O/c1-8-5-9(7-10(14)6-8)13(17)16-12-4-2-3-11(12)15/h5-7,11-12H,2-4,15H2,1H3,(H,16,17). The highest BCUT2D eigenvalue weighted by atomic mass is 35.5. The van der Waals surface area contributed by atoms with Crippen molar-refractivity contribution in [2.75, 3.05) is 0 Å². The molecular formula is C13H17ClN2O. The number of hydrogen-bond donors (Lipinski definition) is 2. The molecule has 0 saturated heterocycles. The quantitative estimate of drug-likeness (QED) is 0.848. The minimum Gasteiger partial charge on any atom is -0.348 e. The van der Waals surface area contributed by atoms with Crippen molar-refractivity contribution in [3.8, 4) is 0 Å². The Morgan fingerprint density at radius 2 is 2.18 bits per heavy atom. The average Bonchev–Trinajstić information content (AvgIpc) is 2.63. The average molecular weight is 253 g/mol. The Hall–Kier alpha value is -1.06. The lowest BCUT2D eigenvalue weighted by atomic mass is 10.1. The van der Waals surface area contributed by atoms with Crippen LogP contribution < -0.4 is 11.1 Å². The van der Waals surface area contributed by atoms with E-state index in [-0.39, 0.29) is 18.0 Å². The summed E-state index contributed by atoms with van der Waals surface area (Å²) in [5.41, 5.74) is 7.51. The van der Waals surface area contributed by atoms with Gasteiger partial charge in [-0.15, -0.1) is 0 Å². The smallest absolute Gasteiger partial charge is 0.251 e. The van der Waals surface area contributed by atoms with Gasteiger partial charge in [-0.05, 0) is 49.9 Å². The summed E-state index contributed by atoms with van der Waals surface area (Å²) in [4.78, 5) is 12.0. The summed E-state index contributed by atoms with van der Waals surface area (Å²) < 4.78 is 0. The molecule has 1 aliphatic rings. The van der Waals surface area contributed by atoms with Crippen molar-refractivity contribution >= 4 is 17.5 Å². The Morgan fingerprint density at radius 3 is 2.76 bits per heavy atom. The maximum atomic E-state index is 12.0. The van der Waals surface area contributed by atoms with E-state index in [4.69, 9.17) is 17.3 Å². The van der Waals surface area contributed by atoms with Gasteiger partial charge in [-0.25, -0.2) is 0 Å². The van der Waals surface area contributed by atoms with Crippen molar-refractivity contribution in [3.05, 3.63) is 34.3 Å². The molecule has 1 aromatic carbocycles. The molecule has 0 aliphatic heterocycles. The molecular weight excluding hydrogens is 236 g/mol. The van der Waals surface area contributed by atoms with Crippen LogP contribution in [0.5, 0.6) is 0 Å². The van der Waals surface area contributed by atoms with Gasteiger partial charge in [0.15, 0.2) is 0 Å². The fraction of sp³-hybridized carbons (Fsp3) is 0.462. The zero-order valence-corrected chi connectivity index (χ0v) is 10.6. The number of carbonyl (C=O) groups is 1. The molecule has 0 spiro atoms. The second-order valence-corrected chi connectivity index (χ2v) is 5.13. The van der Waals surface area contributed by atoms with E-state index in [1.54, 1.807) is 6.07 Å². The summed E-state index contributed by atoms with van der Waals surface area (Å²) in [7, 11) is 0. The molecule has 1 aliphatic carbocycles. The summed E-state index contributed by atoms with van der Waals surface area (Å²) in [6, 6.07) is 5.53. The van der Waals surface area contributed by atoms with Crippen LogP contribution in [0.25, 0.3) is 0 Å². The number of halogens is 1. The van der Waals surface area contributed by atoms with Crippen molar-refractivity contribution in [2.45, 2.75) is 38.3 Å². The van der Waals surface area contributed by atoms with Crippen LogP contribution >= 0.6 is 11.6 Å². The Kier molecular flexibility index (Phi) is 3.69. The van der Waals surface area contributed by atoms with E-state index in [1.807, 2.05) is 19.1 Å². The van der Waals surface area contributed by atoms with Crippen LogP contribution in [0, 0.1) is 6.92 Å². The minimum absolute atomic E-state index is 0.0826. The Bertz CT molecular complexity index is 413. The van der Waals surface area contributed by atoms with E-state index in [0.717, 1.165) is 24.8 Å². The first kappa shape index (κ1) is 12.4. The molecule has 0 bridgehead atoms. The summed E-state index contributed by atoms with van der Waals surface area (Å²) in [5.74, 6) is -0.0852. The molecule has 0 aromatic heterocycles. The molecule has 3 nitrogen and oxygen atoms in total. The first-order valence-electron chi connectivity index (χ1n) is 5.90. The van der Waals surface area contributed by atoms with Gasteiger partial charge in [0, 0.05) is 22.7 Å². The van der Waals surface area contributed by atoms with Gasteiger partial charge in [0.25, 0.3) is 5.91 Å². The molecule has 92 valence electrons. The number of nitrogens with two attached hydrogens (primary N) is 1. The van der Waals surface area contributed by atoms with E-state index in [1.165, 1.54) is 0 Å². The van der Waals surface area contributed by atoms with Crippen LogP contribution in [-0.2, 0) is 0 Å². The molecule has 2 atom stereocenters. The van der Waals surface area contributed by atoms with Crippen LogP contribution in [0.3, 0.4) is 0 Å². The third kappa shape index (κ3) is 2.99. The van der Waals surface area contributed by atoms with Crippen LogP contribution in [0.1, 0.15) is 35.2 Å². The van der Waals surface area contributed by atoms with Gasteiger partial charge in [0.1, 0.15) is 0 Å². The maximum absolute atomic E-state index is 12.0. The summed E-state index contributed by atoms with van der Waals surface area (Å²) in [6.45, 7) is 1.92. The normalized spacial score (nSPS) is 23.7. The predicted octanol–water partition coefficient (Wildman–Crippen LogP) is 2.26. The van der Waals surface area contributed by atoms with Crippen LogP contribution in [-0.4, -0.2) is 18.0 Å². The number of aryl methyl sites for hydroxylation is 1. The third-order valence-corrected chi connectivity index (χ3v) is 3.41. The molecule has 2 unspecified atom stereocenters. The van der Waals surface area contributed by atoms with Crippen molar-refractivity contribution in [2.24, 2.45) is 5.73 Å². The molecule has 0 radical (unpaired) electrons. The van der Waals surface area contributed by atoms with Crippen molar-refractivity contribution in [3.63, 3.8) is 0 Å². The molecule has 17 heavy (non-hydrogen) atoms. The molecule has 1 amide bonds. The fourth-order valence-electron chi connectivity index (χ4n) is 2.29. The minimum atomic E-state index is -0.0852. The third-order valence-electron chi connectivity index (χ3n) is 3.19. The van der Waals surface area contributed by atoms with Crippen LogP contribution in [0.2, 0.25) is 5.02 Å². The second-order valence-electron chi connectivity index (χ2n) is 4.69. The van der Waals surface area contributed by atoms with E-state index < -0.39 is 0 Å². The first-order valence-corrected chi connectivity index (χ1v) is 6.27. The lowest BCUT2D eigenvalue weighted by Gasteiger charge is -2.17. The zero-order chi connectivity index (χ0) is 12.4. The van der Waals surface area contributed by atoms with Crippen molar-refractivity contribution in [1.82, 2.24) is 5.32 Å². The van der Waals surface area contributed by atoms with Gasteiger partial charge in [0.2, 0.25) is 0 Å². The Morgan fingerprint density at radius 1 is 1.41 bits per heavy atom. The molecule has 0 heterocycles. The van der Waals surface area contributed by atoms with Gasteiger partial charge >= 0.3 is 0 Å². The number of benzene rings is 1. The molecule has 1 fully saturated rings. The summed E-state index contributed by atoms with van der Waals surface area (Å²) in [6.07, 6.45) is 3.03. The van der Waals surface area contributed by atoms with Gasteiger partial charge in [0.05, 0.1) is 0 Å². The maximum Gasteiger partial charge on any atom is 0.251 e. The van der Waals surface area contributed by atoms with Gasteiger partial charge in [-0.1, -0.05) is 11.6 Å². The lowest BCUT2D eigenvalue weighted by Crippen LogP contribution is -2.43. The van der Waals surface area contributed by atoms with E-state index in [2.05, 4.69) is 5.32 Å². The highest BCUT2D eigenvalue weighted by molar-refractivity contribution is 6.31. The molecule has 2 rings (SSSR count). The lowest BCUT2D eigenvalue weighted by molar-refractivity contribution is 0.0934. The van der Waals surface area contributed by atoms with E-state index in [0.29, 0.717) is 10.6 Å². The number of amides is 1. The predicted molar refractivity (Wildman–Crippen MR) is 69.3 cm³/mol. The Balaban J connectivity index is 2.09. The van der Waals surface area contributed by atoms with Crippen LogP contribution in [0.15, 0.2) is 18.2 Å². The van der Waals surface area contributed by atoms with Crippen LogP contribution in [0.4, 0.5) is 0 Å². The van der Waals surface area contributed by atoms with Crippen molar-refractivity contribution in [1.29, 1.82) is 0 Å². The summed E-state index contributed by atoms with van der Waals surface area (Å²) >= 11 is 5.93. The molecule has 4 heteroatoms. The number of carbonyl (C=O) groups excluding carboxylic acids is 1. The molecule has 1 saturated carbocycles. The zero-order valence-electron chi connectivity index (χ0n) is 9.87.